The predicted molar refractivity (Wildman–Crippen MR) is 87.9 cm³/mol. The molecular formula is C16H30O6Sn. The first-order chi connectivity index (χ1) is 10.5. The van der Waals surface area contributed by atoms with Gasteiger partial charge in [-0.15, -0.1) is 0 Å². The van der Waals surface area contributed by atoms with E-state index in [-0.39, 0.29) is 32.7 Å². The third kappa shape index (κ3) is 93.1. The molecule has 0 bridgehead atoms. The van der Waals surface area contributed by atoms with Gasteiger partial charge in [0, 0.05) is 25.8 Å². The summed E-state index contributed by atoms with van der Waals surface area (Å²) in [6.07, 6.45) is 5.84. The van der Waals surface area contributed by atoms with Crippen molar-refractivity contribution in [1.29, 1.82) is 0 Å². The first-order valence-electron chi connectivity index (χ1n) is 7.60. The van der Waals surface area contributed by atoms with E-state index in [4.69, 9.17) is 19.8 Å². The average molecular weight is 437 g/mol. The van der Waals surface area contributed by atoms with E-state index in [1.807, 2.05) is 0 Å². The quantitative estimate of drug-likeness (QED) is 0.331. The van der Waals surface area contributed by atoms with Crippen molar-refractivity contribution in [2.75, 3.05) is 0 Å². The van der Waals surface area contributed by atoms with Crippen LogP contribution in [0, 0.1) is 0 Å². The molecular weight excluding hydrogens is 407 g/mol. The van der Waals surface area contributed by atoms with Crippen molar-refractivity contribution in [2.45, 2.75) is 76.1 Å². The van der Waals surface area contributed by atoms with Crippen LogP contribution in [0.3, 0.4) is 0 Å². The van der Waals surface area contributed by atoms with E-state index in [0.717, 1.165) is 13.8 Å². The summed E-state index contributed by atoms with van der Waals surface area (Å²) in [7, 11) is 0. The SMILES string of the molecule is CC(=O)C(C)=O.CC(=O)[O-].CC(=O)[O-].CCC[CH2][Sn+2][CH2]CCC. The summed E-state index contributed by atoms with van der Waals surface area (Å²) in [5.74, 6) is -2.93. The van der Waals surface area contributed by atoms with Gasteiger partial charge in [0.05, 0.1) is 0 Å². The zero-order valence-electron chi connectivity index (χ0n) is 15.2. The van der Waals surface area contributed by atoms with Crippen LogP contribution in [-0.4, -0.2) is 44.6 Å². The molecule has 0 saturated heterocycles. The maximum absolute atomic E-state index is 9.79. The molecule has 0 heterocycles. The Morgan fingerprint density at radius 2 is 0.913 bits per heavy atom. The Hall–Kier alpha value is -0.921. The van der Waals surface area contributed by atoms with Gasteiger partial charge >= 0.3 is 69.5 Å². The number of aliphatic carboxylic acids is 2. The van der Waals surface area contributed by atoms with Crippen LogP contribution in [0.15, 0.2) is 0 Å². The van der Waals surface area contributed by atoms with Gasteiger partial charge in [-0.2, -0.15) is 0 Å². The summed E-state index contributed by atoms with van der Waals surface area (Å²) in [6, 6.07) is 0. The molecule has 0 fully saturated rings. The average Bonchev–Trinajstić information content (AvgIpc) is 2.38. The van der Waals surface area contributed by atoms with Gasteiger partial charge in [-0.1, -0.05) is 0 Å². The minimum absolute atomic E-state index is 0.149. The standard InChI is InChI=1S/C4H6O2.2C4H9.2C2H4O2.Sn/c1-3(5)4(2)6;2*1-3-4-2;2*1-2(3)4;/h1-2H3;2*1,3-4H2,2H3;2*1H3,(H,3,4);/q;;;;;+2/p-2. The Morgan fingerprint density at radius 3 is 1.04 bits per heavy atom. The number of ketones is 2. The van der Waals surface area contributed by atoms with Crippen molar-refractivity contribution in [3.05, 3.63) is 0 Å². The van der Waals surface area contributed by atoms with Gasteiger partial charge in [0.1, 0.15) is 0 Å². The second-order valence-electron chi connectivity index (χ2n) is 4.55. The summed E-state index contributed by atoms with van der Waals surface area (Å²) in [6.45, 7) is 9.03. The van der Waals surface area contributed by atoms with E-state index in [1.165, 1.54) is 39.5 Å². The molecule has 0 rings (SSSR count). The summed E-state index contributed by atoms with van der Waals surface area (Å²) < 4.78 is 3.25. The first-order valence-corrected chi connectivity index (χ1v) is 11.6. The van der Waals surface area contributed by atoms with E-state index >= 15 is 0 Å². The summed E-state index contributed by atoms with van der Waals surface area (Å²) >= 11 is 0.149. The van der Waals surface area contributed by atoms with Crippen LogP contribution in [0.5, 0.6) is 0 Å². The number of carbonyl (C=O) groups is 4. The molecule has 0 aliphatic carbocycles. The van der Waals surface area contributed by atoms with Gasteiger partial charge in [-0.25, -0.2) is 0 Å². The van der Waals surface area contributed by atoms with Gasteiger partial charge in [0.15, 0.2) is 11.6 Å². The molecule has 6 nitrogen and oxygen atoms in total. The predicted octanol–water partition coefficient (Wildman–Crippen LogP) is 0.804. The van der Waals surface area contributed by atoms with Gasteiger partial charge in [0.25, 0.3) is 0 Å². The number of Topliss-reactive ketones (excluding diaryl/α,β-unsaturated/α-hetero) is 2. The summed E-state index contributed by atoms with van der Waals surface area (Å²) in [5.41, 5.74) is 0. The normalized spacial score (nSPS) is 7.74. The molecule has 0 amide bonds. The molecule has 0 N–H and O–H groups in total. The van der Waals surface area contributed by atoms with Gasteiger partial charge in [0.2, 0.25) is 0 Å². The van der Waals surface area contributed by atoms with Gasteiger partial charge in [-0.3, -0.25) is 9.59 Å². The minimum atomic E-state index is -1.08. The number of carbonyl (C=O) groups excluding carboxylic acids is 4. The van der Waals surface area contributed by atoms with Crippen molar-refractivity contribution in [3.8, 4) is 0 Å². The molecule has 0 aliphatic rings. The van der Waals surface area contributed by atoms with Crippen LogP contribution >= 0.6 is 0 Å². The second-order valence-corrected chi connectivity index (χ2v) is 8.83. The Kier molecular flexibility index (Phi) is 33.9. The van der Waals surface area contributed by atoms with Gasteiger partial charge in [-0.05, 0) is 13.8 Å². The maximum atomic E-state index is 9.79. The molecule has 0 unspecified atom stereocenters. The molecule has 0 aromatic heterocycles. The van der Waals surface area contributed by atoms with Crippen LogP contribution in [0.4, 0.5) is 0 Å². The van der Waals surface area contributed by atoms with Crippen molar-refractivity contribution in [3.63, 3.8) is 0 Å². The van der Waals surface area contributed by atoms with Crippen LogP contribution in [0.2, 0.25) is 8.87 Å². The Labute approximate surface area is 150 Å². The fourth-order valence-electron chi connectivity index (χ4n) is 0.729. The zero-order chi connectivity index (χ0) is 19.3. The van der Waals surface area contributed by atoms with Crippen molar-refractivity contribution >= 4 is 44.6 Å². The van der Waals surface area contributed by atoms with Gasteiger partial charge < -0.3 is 19.8 Å². The molecule has 0 spiro atoms. The Morgan fingerprint density at radius 1 is 0.696 bits per heavy atom. The van der Waals surface area contributed by atoms with E-state index in [9.17, 15) is 9.59 Å². The van der Waals surface area contributed by atoms with E-state index in [1.54, 1.807) is 8.87 Å². The van der Waals surface area contributed by atoms with Crippen molar-refractivity contribution in [2.24, 2.45) is 0 Å². The topological polar surface area (TPSA) is 114 Å². The molecule has 0 saturated carbocycles. The monoisotopic (exact) mass is 438 g/mol. The molecule has 0 aromatic rings. The number of carboxylic acids is 2. The molecule has 23 heavy (non-hydrogen) atoms. The van der Waals surface area contributed by atoms with Crippen LogP contribution in [0.25, 0.3) is 0 Å². The van der Waals surface area contributed by atoms with Crippen molar-refractivity contribution in [1.82, 2.24) is 0 Å². The van der Waals surface area contributed by atoms with Crippen LogP contribution in [0.1, 0.15) is 67.2 Å². The number of carboxylic acid groups (broad SMARTS) is 2. The second kappa shape index (κ2) is 26.0. The van der Waals surface area contributed by atoms with E-state index < -0.39 is 11.9 Å². The number of unbranched alkanes of at least 4 members (excludes halogenated alkanes) is 2. The number of hydrogen-bond donors (Lipinski definition) is 0. The molecule has 0 radical (unpaired) electrons. The summed E-state index contributed by atoms with van der Waals surface area (Å²) in [5, 5.41) is 17.8. The third-order valence-corrected chi connectivity index (χ3v) is 5.95. The molecule has 0 aromatic carbocycles. The van der Waals surface area contributed by atoms with Crippen LogP contribution in [-0.2, 0) is 19.2 Å². The molecule has 134 valence electrons. The molecule has 7 heteroatoms. The van der Waals surface area contributed by atoms with Crippen LogP contribution < -0.4 is 10.2 Å². The Balaban J connectivity index is -0.000000112. The zero-order valence-corrected chi connectivity index (χ0v) is 18.0. The molecule has 0 atom stereocenters. The van der Waals surface area contributed by atoms with E-state index in [2.05, 4.69) is 13.8 Å². The number of hydrogen-bond acceptors (Lipinski definition) is 6. The molecule has 0 aliphatic heterocycles. The summed E-state index contributed by atoms with van der Waals surface area (Å²) in [4.78, 5) is 37.4. The third-order valence-electron chi connectivity index (χ3n) is 1.91. The first kappa shape index (κ1) is 30.0. The van der Waals surface area contributed by atoms with Crippen molar-refractivity contribution < 1.29 is 29.4 Å². The van der Waals surface area contributed by atoms with E-state index in [0.29, 0.717) is 0 Å². The fraction of sp³-hybridized carbons (Fsp3) is 0.750. The number of rotatable bonds is 7. The Bertz CT molecular complexity index is 278. The fourth-order valence-corrected chi connectivity index (χ4v) is 4.89.